The van der Waals surface area contributed by atoms with E-state index in [1.54, 1.807) is 0 Å². The largest absolute Gasteiger partial charge is 0.468 e. The van der Waals surface area contributed by atoms with Gasteiger partial charge in [-0.2, -0.15) is 0 Å². The first-order valence-corrected chi connectivity index (χ1v) is 6.89. The lowest BCUT2D eigenvalue weighted by molar-refractivity contribution is -0.137. The lowest BCUT2D eigenvalue weighted by Gasteiger charge is -2.29. The monoisotopic (exact) mass is 270 g/mol. The number of anilines is 1. The Morgan fingerprint density at radius 1 is 1.44 bits per heavy atom. The van der Waals surface area contributed by atoms with Gasteiger partial charge in [0.2, 0.25) is 0 Å². The van der Waals surface area contributed by atoms with Gasteiger partial charge in [-0.05, 0) is 12.1 Å². The number of esters is 1. The summed E-state index contributed by atoms with van der Waals surface area (Å²) < 4.78 is 12.1. The first-order valence-electron chi connectivity index (χ1n) is 5.90. The van der Waals surface area contributed by atoms with Crippen molar-refractivity contribution in [3.63, 3.8) is 0 Å². The van der Waals surface area contributed by atoms with E-state index in [1.165, 1.54) is 24.7 Å². The molecule has 0 atom stereocenters. The van der Waals surface area contributed by atoms with Gasteiger partial charge in [-0.25, -0.2) is 0 Å². The van der Waals surface area contributed by atoms with Crippen molar-refractivity contribution in [2.75, 3.05) is 44.1 Å². The summed E-state index contributed by atoms with van der Waals surface area (Å²) in [6, 6.07) is 4.13. The molecule has 5 nitrogen and oxygen atoms in total. The number of thioether (sulfide) groups is 1. The zero-order valence-corrected chi connectivity index (χ0v) is 11.5. The average Bonchev–Trinajstić information content (AvgIpc) is 2.78. The van der Waals surface area contributed by atoms with Crippen LogP contribution in [0.15, 0.2) is 17.2 Å². The zero-order valence-electron chi connectivity index (χ0n) is 10.7. The molecule has 0 aliphatic carbocycles. The van der Waals surface area contributed by atoms with E-state index in [9.17, 15) is 4.79 Å². The Balaban J connectivity index is 2.01. The molecule has 0 radical (unpaired) electrons. The van der Waals surface area contributed by atoms with Crippen LogP contribution in [0.2, 0.25) is 0 Å². The second-order valence-electron chi connectivity index (χ2n) is 4.05. The summed E-state index contributed by atoms with van der Waals surface area (Å²) in [5, 5.41) is 1.07. The Morgan fingerprint density at radius 2 is 2.17 bits per heavy atom. The highest BCUT2D eigenvalue weighted by Gasteiger charge is 2.16. The van der Waals surface area contributed by atoms with Crippen LogP contribution in [0.5, 0.6) is 0 Å². The third-order valence-electron chi connectivity index (χ3n) is 2.95. The number of methoxy groups -OCH3 is 1. The van der Waals surface area contributed by atoms with E-state index in [4.69, 9.17) is 4.74 Å². The van der Waals surface area contributed by atoms with Crippen molar-refractivity contribution in [3.05, 3.63) is 12.1 Å². The maximum atomic E-state index is 11.1. The molecule has 0 amide bonds. The number of nitrogens with zero attached hydrogens (tertiary/aromatic N) is 2. The molecule has 0 bridgehead atoms. The predicted molar refractivity (Wildman–Crippen MR) is 71.2 cm³/mol. The fourth-order valence-electron chi connectivity index (χ4n) is 1.93. The minimum Gasteiger partial charge on any atom is -0.468 e. The fraction of sp³-hybridized carbons (Fsp3) is 0.583. The van der Waals surface area contributed by atoms with Gasteiger partial charge in [-0.15, -0.1) is 0 Å². The number of hydrogen-bond donors (Lipinski definition) is 0. The molecule has 2 heterocycles. The van der Waals surface area contributed by atoms with Gasteiger partial charge in [-0.1, -0.05) is 11.8 Å². The third-order valence-corrected chi connectivity index (χ3v) is 4.04. The standard InChI is InChI=1S/C12H18N2O3S/c1-13-10(14-5-7-17-8-6-14)3-4-11(13)18-9-12(15)16-2/h3-4H,5-9H2,1-2H3. The van der Waals surface area contributed by atoms with Crippen LogP contribution in [0.25, 0.3) is 0 Å². The summed E-state index contributed by atoms with van der Waals surface area (Å²) >= 11 is 1.50. The van der Waals surface area contributed by atoms with E-state index in [-0.39, 0.29) is 5.97 Å². The van der Waals surface area contributed by atoms with Crippen LogP contribution in [-0.4, -0.2) is 49.7 Å². The zero-order chi connectivity index (χ0) is 13.0. The van der Waals surface area contributed by atoms with E-state index in [0.29, 0.717) is 5.75 Å². The number of ether oxygens (including phenoxy) is 2. The van der Waals surface area contributed by atoms with Gasteiger partial charge in [0.1, 0.15) is 5.82 Å². The van der Waals surface area contributed by atoms with E-state index in [0.717, 1.165) is 31.3 Å². The van der Waals surface area contributed by atoms with Crippen molar-refractivity contribution in [1.82, 2.24) is 4.57 Å². The number of aromatic nitrogens is 1. The lowest BCUT2D eigenvalue weighted by Crippen LogP contribution is -2.37. The van der Waals surface area contributed by atoms with Crippen LogP contribution in [0, 0.1) is 0 Å². The van der Waals surface area contributed by atoms with Gasteiger partial charge in [0.05, 0.1) is 31.1 Å². The number of rotatable bonds is 4. The molecule has 0 spiro atoms. The SMILES string of the molecule is COC(=O)CSc1ccc(N2CCOCC2)n1C. The van der Waals surface area contributed by atoms with Gasteiger partial charge in [-0.3, -0.25) is 4.79 Å². The molecule has 1 saturated heterocycles. The molecule has 1 aliphatic rings. The molecule has 1 fully saturated rings. The summed E-state index contributed by atoms with van der Waals surface area (Å²) in [6.07, 6.45) is 0. The Labute approximate surface area is 111 Å². The summed E-state index contributed by atoms with van der Waals surface area (Å²) in [7, 11) is 3.43. The second kappa shape index (κ2) is 6.15. The molecule has 0 unspecified atom stereocenters. The molecule has 1 aromatic heterocycles. The maximum absolute atomic E-state index is 11.1. The van der Waals surface area contributed by atoms with Gasteiger partial charge < -0.3 is 18.9 Å². The van der Waals surface area contributed by atoms with Crippen LogP contribution in [0.1, 0.15) is 0 Å². The Hall–Kier alpha value is -1.14. The molecule has 18 heavy (non-hydrogen) atoms. The van der Waals surface area contributed by atoms with E-state index < -0.39 is 0 Å². The summed E-state index contributed by atoms with van der Waals surface area (Å²) in [5.74, 6) is 1.32. The normalized spacial score (nSPS) is 15.8. The summed E-state index contributed by atoms with van der Waals surface area (Å²) in [5.41, 5.74) is 0. The van der Waals surface area contributed by atoms with Crippen LogP contribution in [0.3, 0.4) is 0 Å². The molecular weight excluding hydrogens is 252 g/mol. The quantitative estimate of drug-likeness (QED) is 0.606. The molecule has 0 N–H and O–H groups in total. The molecule has 1 aliphatic heterocycles. The van der Waals surface area contributed by atoms with Crippen molar-refractivity contribution in [1.29, 1.82) is 0 Å². The molecule has 6 heteroatoms. The highest BCUT2D eigenvalue weighted by molar-refractivity contribution is 7.99. The number of carbonyl (C=O) groups is 1. The highest BCUT2D eigenvalue weighted by Crippen LogP contribution is 2.26. The summed E-state index contributed by atoms with van der Waals surface area (Å²) in [6.45, 7) is 3.38. The molecule has 0 saturated carbocycles. The minimum atomic E-state index is -0.200. The average molecular weight is 270 g/mol. The van der Waals surface area contributed by atoms with Gasteiger partial charge in [0.25, 0.3) is 0 Å². The third kappa shape index (κ3) is 3.00. The van der Waals surface area contributed by atoms with Crippen molar-refractivity contribution in [3.8, 4) is 0 Å². The summed E-state index contributed by atoms with van der Waals surface area (Å²) in [4.78, 5) is 13.4. The van der Waals surface area contributed by atoms with Crippen LogP contribution in [0.4, 0.5) is 5.82 Å². The van der Waals surface area contributed by atoms with Crippen LogP contribution >= 0.6 is 11.8 Å². The van der Waals surface area contributed by atoms with Gasteiger partial charge in [0.15, 0.2) is 0 Å². The van der Waals surface area contributed by atoms with E-state index in [1.807, 2.05) is 13.1 Å². The minimum absolute atomic E-state index is 0.200. The predicted octanol–water partition coefficient (Wildman–Crippen LogP) is 1.13. The lowest BCUT2D eigenvalue weighted by atomic mass is 10.4. The first kappa shape index (κ1) is 13.3. The highest BCUT2D eigenvalue weighted by atomic mass is 32.2. The smallest absolute Gasteiger partial charge is 0.316 e. The van der Waals surface area contributed by atoms with E-state index in [2.05, 4.69) is 20.3 Å². The number of morpholine rings is 1. The number of hydrogen-bond acceptors (Lipinski definition) is 5. The van der Waals surface area contributed by atoms with E-state index >= 15 is 0 Å². The second-order valence-corrected chi connectivity index (χ2v) is 5.05. The van der Waals surface area contributed by atoms with Crippen LogP contribution < -0.4 is 4.90 Å². The number of carbonyl (C=O) groups excluding carboxylic acids is 1. The molecular formula is C12H18N2O3S. The first-order chi connectivity index (χ1) is 8.72. The molecule has 0 aromatic carbocycles. The van der Waals surface area contributed by atoms with Crippen molar-refractivity contribution in [2.45, 2.75) is 5.03 Å². The van der Waals surface area contributed by atoms with Gasteiger partial charge >= 0.3 is 5.97 Å². The van der Waals surface area contributed by atoms with Gasteiger partial charge in [0, 0.05) is 20.1 Å². The van der Waals surface area contributed by atoms with Crippen molar-refractivity contribution < 1.29 is 14.3 Å². The maximum Gasteiger partial charge on any atom is 0.316 e. The van der Waals surface area contributed by atoms with Crippen molar-refractivity contribution >= 4 is 23.5 Å². The van der Waals surface area contributed by atoms with Crippen LogP contribution in [-0.2, 0) is 21.3 Å². The van der Waals surface area contributed by atoms with Crippen molar-refractivity contribution in [2.24, 2.45) is 7.05 Å². The Bertz CT molecular complexity index is 413. The Kier molecular flexibility index (Phi) is 4.54. The molecule has 1 aromatic rings. The Morgan fingerprint density at radius 3 is 2.83 bits per heavy atom. The fourth-order valence-corrected chi connectivity index (χ4v) is 2.76. The molecule has 100 valence electrons. The molecule has 2 rings (SSSR count). The topological polar surface area (TPSA) is 43.7 Å².